The Morgan fingerprint density at radius 1 is 1.02 bits per heavy atom. The molecule has 18 nitrogen and oxygen atoms in total. The van der Waals surface area contributed by atoms with Gasteiger partial charge >= 0.3 is 6.80 Å². The molecule has 242 valence electrons. The summed E-state index contributed by atoms with van der Waals surface area (Å²) in [5.41, 5.74) is 10.8. The highest BCUT2D eigenvalue weighted by Crippen LogP contribution is 2.58. The summed E-state index contributed by atoms with van der Waals surface area (Å²) in [6.45, 7) is -3.90. The van der Waals surface area contributed by atoms with E-state index in [1.807, 2.05) is 0 Å². The number of hydrogen-bond acceptors (Lipinski definition) is 15. The number of nitrogens with zero attached hydrogens (tertiary/aromatic N) is 7. The summed E-state index contributed by atoms with van der Waals surface area (Å²) in [7, 11) is -4.46. The third kappa shape index (κ3) is 4.89. The second-order valence-electron chi connectivity index (χ2n) is 10.8. The van der Waals surface area contributed by atoms with Crippen LogP contribution in [0.15, 0.2) is 23.8 Å². The van der Waals surface area contributed by atoms with E-state index >= 15 is 8.78 Å². The average Bonchev–Trinajstić information content (AvgIpc) is 3.72. The zero-order valence-electron chi connectivity index (χ0n) is 23.0. The van der Waals surface area contributed by atoms with Gasteiger partial charge < -0.3 is 20.9 Å². The Morgan fingerprint density at radius 3 is 2.44 bits per heavy atom. The Kier molecular flexibility index (Phi) is 7.19. The lowest BCUT2D eigenvalue weighted by Crippen LogP contribution is -2.44. The van der Waals surface area contributed by atoms with E-state index in [1.165, 1.54) is 17.8 Å². The number of anilines is 2. The van der Waals surface area contributed by atoms with Crippen molar-refractivity contribution in [2.75, 3.05) is 18.1 Å². The number of ether oxygens (including phenoxy) is 2. The van der Waals surface area contributed by atoms with Crippen molar-refractivity contribution in [3.63, 3.8) is 0 Å². The highest BCUT2D eigenvalue weighted by molar-refractivity contribution is 8.44. The fourth-order valence-electron chi connectivity index (χ4n) is 5.95. The van der Waals surface area contributed by atoms with Crippen LogP contribution in [0.25, 0.3) is 22.3 Å². The molecule has 7 heterocycles. The molecule has 0 aromatic carbocycles. The third-order valence-electron chi connectivity index (χ3n) is 8.08. The van der Waals surface area contributed by atoms with Crippen molar-refractivity contribution in [1.82, 2.24) is 39.0 Å². The van der Waals surface area contributed by atoms with Gasteiger partial charge in [-0.1, -0.05) is 12.2 Å². The summed E-state index contributed by atoms with van der Waals surface area (Å²) < 4.78 is 98.6. The van der Waals surface area contributed by atoms with Crippen LogP contribution in [0.4, 0.5) is 20.5 Å². The van der Waals surface area contributed by atoms with Crippen molar-refractivity contribution < 1.29 is 40.3 Å². The van der Waals surface area contributed by atoms with Crippen LogP contribution in [-0.4, -0.2) is 95.2 Å². The van der Waals surface area contributed by atoms with E-state index < -0.39 is 88.8 Å². The van der Waals surface area contributed by atoms with Crippen molar-refractivity contribution >= 4 is 63.0 Å². The number of hydrogen-bond donors (Lipinski definition) is 4. The van der Waals surface area contributed by atoms with Crippen molar-refractivity contribution in [3.8, 4) is 0 Å². The van der Waals surface area contributed by atoms with Gasteiger partial charge in [-0.05, 0) is 13.3 Å². The minimum Gasteiger partial charge on any atom is -0.382 e. The minimum atomic E-state index is -4.46. The number of H-pyrrole nitrogens is 1. The van der Waals surface area contributed by atoms with E-state index in [4.69, 9.17) is 30.0 Å². The zero-order chi connectivity index (χ0) is 32.0. The molecule has 3 fully saturated rings. The van der Waals surface area contributed by atoms with Gasteiger partial charge in [0.2, 0.25) is 5.95 Å². The maximum Gasteiger partial charge on any atom is 0.386 e. The van der Waals surface area contributed by atoms with Gasteiger partial charge in [-0.25, -0.2) is 41.7 Å². The molecule has 3 aliphatic rings. The molecule has 3 saturated heterocycles. The normalized spacial score (nSPS) is 36.9. The lowest BCUT2D eigenvalue weighted by Gasteiger charge is -2.25. The molecule has 23 heteroatoms. The van der Waals surface area contributed by atoms with Crippen molar-refractivity contribution in [2.45, 2.75) is 67.0 Å². The van der Waals surface area contributed by atoms with Gasteiger partial charge in [0.05, 0.1) is 30.6 Å². The molecule has 4 aromatic rings. The molecule has 0 aliphatic carbocycles. The zero-order valence-corrected chi connectivity index (χ0v) is 25.6. The van der Waals surface area contributed by atoms with Crippen LogP contribution >= 0.6 is 19.0 Å². The summed E-state index contributed by atoms with van der Waals surface area (Å²) in [5.74, 6) is -0.250. The van der Waals surface area contributed by atoms with Crippen LogP contribution < -0.4 is 17.0 Å². The Hall–Kier alpha value is -3.27. The second-order valence-corrected chi connectivity index (χ2v) is 16.2. The predicted molar refractivity (Wildman–Crippen MR) is 154 cm³/mol. The fourth-order valence-corrected chi connectivity index (χ4v) is 9.48. The van der Waals surface area contributed by atoms with Crippen LogP contribution in [0, 0.1) is 0 Å². The number of imidazole rings is 2. The van der Waals surface area contributed by atoms with Gasteiger partial charge in [0.15, 0.2) is 57.3 Å². The smallest absolute Gasteiger partial charge is 0.382 e. The van der Waals surface area contributed by atoms with Crippen molar-refractivity contribution in [2.24, 2.45) is 0 Å². The molecule has 4 aromatic heterocycles. The Labute approximate surface area is 256 Å². The molecule has 0 amide bonds. The molecule has 3 aliphatic heterocycles. The Bertz CT molecular complexity index is 2030. The van der Waals surface area contributed by atoms with Crippen molar-refractivity contribution in [3.05, 3.63) is 29.3 Å². The monoisotopic (exact) mass is 690 g/mol. The first-order chi connectivity index (χ1) is 21.3. The molecule has 0 bridgehead atoms. The van der Waals surface area contributed by atoms with Gasteiger partial charge in [-0.3, -0.25) is 28.0 Å². The SMILES string of the molecule is CC1C[C@H]2O[C@@H](n3cnc4c(N)ncnc43)[C@H](F)[C@@H]2O[P@@](=O)(S)OC[C@H]2O[C@@H](n3cnc4c(=O)[nH]c(N)nc43)[C@H](F)[C@@H]2S1(=O)=O. The molecule has 0 radical (unpaired) electrons. The van der Waals surface area contributed by atoms with E-state index in [9.17, 15) is 17.8 Å². The van der Waals surface area contributed by atoms with Gasteiger partial charge in [0, 0.05) is 0 Å². The first-order valence-corrected chi connectivity index (χ1v) is 17.7. The average molecular weight is 691 g/mol. The molecule has 10 atom stereocenters. The van der Waals surface area contributed by atoms with E-state index in [2.05, 4.69) is 42.2 Å². The largest absolute Gasteiger partial charge is 0.386 e. The number of nitrogens with two attached hydrogens (primary N) is 2. The number of sulfone groups is 1. The third-order valence-corrected chi connectivity index (χ3v) is 12.3. The summed E-state index contributed by atoms with van der Waals surface area (Å²) in [6, 6.07) is 0. The van der Waals surface area contributed by atoms with E-state index in [0.29, 0.717) is 0 Å². The summed E-state index contributed by atoms with van der Waals surface area (Å²) in [5, 5.41) is -3.21. The van der Waals surface area contributed by atoms with Crippen molar-refractivity contribution in [1.29, 1.82) is 0 Å². The topological polar surface area (TPSA) is 247 Å². The summed E-state index contributed by atoms with van der Waals surface area (Å²) in [4.78, 5) is 34.5. The molecule has 7 rings (SSSR count). The molecule has 45 heavy (non-hydrogen) atoms. The minimum absolute atomic E-state index is 0.0359. The van der Waals surface area contributed by atoms with Crippen LogP contribution in [0.5, 0.6) is 0 Å². The number of thiol groups is 1. The number of nitrogen functional groups attached to an aromatic ring is 2. The van der Waals surface area contributed by atoms with Gasteiger partial charge in [0.25, 0.3) is 5.56 Å². The predicted octanol–water partition coefficient (Wildman–Crippen LogP) is 0.610. The highest BCUT2D eigenvalue weighted by Gasteiger charge is 2.58. The van der Waals surface area contributed by atoms with Crippen LogP contribution in [-0.2, 0) is 32.9 Å². The number of nitrogens with one attached hydrogen (secondary N) is 1. The Balaban J connectivity index is 1.23. The molecule has 0 saturated carbocycles. The van der Waals surface area contributed by atoms with Crippen LogP contribution in [0.1, 0.15) is 25.8 Å². The van der Waals surface area contributed by atoms with Gasteiger partial charge in [0.1, 0.15) is 29.3 Å². The molecule has 0 spiro atoms. The summed E-state index contributed by atoms with van der Waals surface area (Å²) >= 11 is 3.98. The molecular weight excluding hydrogens is 665 g/mol. The van der Waals surface area contributed by atoms with E-state index in [0.717, 1.165) is 17.2 Å². The van der Waals surface area contributed by atoms with Crippen LogP contribution in [0.3, 0.4) is 0 Å². The number of aromatic nitrogens is 8. The van der Waals surface area contributed by atoms with Gasteiger partial charge in [-0.15, -0.1) is 0 Å². The number of rotatable bonds is 2. The standard InChI is InChI=1S/C22H25F2N10O8PS2/c1-7-2-8-14(10(23)20(40-8)33-5-29-12-16(25)27-4-28-17(12)33)42-43(36,44)39-3-9-15(45(7,37)38)11(24)21(41-9)34-6-30-13-18(34)31-22(26)32-19(13)35/h4-11,14-15,20-21H,2-3H2,1H3,(H,36,44)(H2,25,27,28)(H3,26,31,32,35)/t7?,8-,9-,10-,11-,14-,15-,20-,21-,43+/m1/s1. The van der Waals surface area contributed by atoms with E-state index in [1.54, 1.807) is 0 Å². The second kappa shape index (κ2) is 10.6. The first kappa shape index (κ1) is 30.4. The number of alkyl halides is 2. The number of aromatic amines is 1. The number of fused-ring (bicyclic) bond motifs is 4. The summed E-state index contributed by atoms with van der Waals surface area (Å²) in [6.07, 6.45) is -8.83. The lowest BCUT2D eigenvalue weighted by molar-refractivity contribution is -0.0351. The number of halogens is 2. The highest BCUT2D eigenvalue weighted by atomic mass is 32.7. The maximum atomic E-state index is 16.3. The fraction of sp³-hybridized carbons (Fsp3) is 0.545. The van der Waals surface area contributed by atoms with Crippen LogP contribution in [0.2, 0.25) is 0 Å². The molecule has 1 unspecified atom stereocenters. The maximum absolute atomic E-state index is 16.3. The van der Waals surface area contributed by atoms with Gasteiger partial charge in [-0.2, -0.15) is 4.98 Å². The quantitative estimate of drug-likeness (QED) is 0.166. The Morgan fingerprint density at radius 2 is 1.69 bits per heavy atom. The van der Waals surface area contributed by atoms with E-state index in [-0.39, 0.29) is 34.1 Å². The lowest BCUT2D eigenvalue weighted by atomic mass is 10.1. The molecule has 5 N–H and O–H groups in total. The molecular formula is C22H25F2N10O8PS2. The first-order valence-electron chi connectivity index (χ1n) is 13.4.